The fourth-order valence-corrected chi connectivity index (χ4v) is 1.08. The predicted octanol–water partition coefficient (Wildman–Crippen LogP) is 1.56. The average molecular weight is 248 g/mol. The van der Waals surface area contributed by atoms with Crippen LogP contribution in [0.25, 0.3) is 0 Å². The van der Waals surface area contributed by atoms with Crippen molar-refractivity contribution in [2.45, 2.75) is 0 Å². The lowest BCUT2D eigenvalue weighted by Crippen LogP contribution is -2.33. The molecule has 0 atom stereocenters. The molecular formula is C10H11F3N2O2. The van der Waals surface area contributed by atoms with Crippen molar-refractivity contribution < 1.29 is 23.1 Å². The zero-order chi connectivity index (χ0) is 13.0. The fourth-order valence-electron chi connectivity index (χ4n) is 1.08. The summed E-state index contributed by atoms with van der Waals surface area (Å²) in [6.45, 7) is -0.221. The van der Waals surface area contributed by atoms with Crippen LogP contribution in [0.1, 0.15) is 0 Å². The van der Waals surface area contributed by atoms with Gasteiger partial charge in [0.2, 0.25) is 0 Å². The number of aliphatic hydroxyl groups is 1. The molecule has 1 aromatic carbocycles. The monoisotopic (exact) mass is 248 g/mol. The van der Waals surface area contributed by atoms with E-state index in [-0.39, 0.29) is 13.2 Å². The van der Waals surface area contributed by atoms with Crippen molar-refractivity contribution >= 4 is 11.7 Å². The highest BCUT2D eigenvalue weighted by Gasteiger charge is 2.14. The van der Waals surface area contributed by atoms with Gasteiger partial charge in [0.1, 0.15) is 5.82 Å². The molecule has 0 aliphatic carbocycles. The minimum Gasteiger partial charge on any atom is -0.395 e. The van der Waals surface area contributed by atoms with Gasteiger partial charge in [0.05, 0.1) is 12.3 Å². The molecule has 2 amide bonds. The Kier molecular flexibility index (Phi) is 4.33. The number of aliphatic hydroxyl groups excluding tert-OH is 1. The van der Waals surface area contributed by atoms with Crippen LogP contribution >= 0.6 is 0 Å². The van der Waals surface area contributed by atoms with Gasteiger partial charge < -0.3 is 15.3 Å². The van der Waals surface area contributed by atoms with E-state index >= 15 is 0 Å². The highest BCUT2D eigenvalue weighted by molar-refractivity contribution is 5.89. The van der Waals surface area contributed by atoms with E-state index in [1.807, 2.05) is 0 Å². The van der Waals surface area contributed by atoms with E-state index < -0.39 is 29.2 Å². The largest absolute Gasteiger partial charge is 0.395 e. The van der Waals surface area contributed by atoms with E-state index in [1.54, 1.807) is 0 Å². The number of hydrogen-bond acceptors (Lipinski definition) is 2. The molecule has 2 N–H and O–H groups in total. The molecule has 1 rings (SSSR count). The number of anilines is 1. The maximum absolute atomic E-state index is 13.2. The van der Waals surface area contributed by atoms with Gasteiger partial charge in [-0.1, -0.05) is 0 Å². The number of likely N-dealkylation sites (N-methyl/N-ethyl adjacent to an activating group) is 1. The minimum absolute atomic E-state index is 0.0388. The first-order chi connectivity index (χ1) is 7.95. The number of nitrogens with one attached hydrogen (secondary N) is 1. The van der Waals surface area contributed by atoms with Crippen LogP contribution in [0.2, 0.25) is 0 Å². The summed E-state index contributed by atoms with van der Waals surface area (Å²) in [6.07, 6.45) is 0. The topological polar surface area (TPSA) is 52.6 Å². The number of halogens is 3. The number of carbonyl (C=O) groups is 1. The van der Waals surface area contributed by atoms with E-state index in [9.17, 15) is 18.0 Å². The highest BCUT2D eigenvalue weighted by Crippen LogP contribution is 2.18. The Morgan fingerprint density at radius 1 is 1.29 bits per heavy atom. The van der Waals surface area contributed by atoms with E-state index in [2.05, 4.69) is 5.32 Å². The van der Waals surface area contributed by atoms with Crippen molar-refractivity contribution in [3.63, 3.8) is 0 Å². The van der Waals surface area contributed by atoms with Gasteiger partial charge in [-0.15, -0.1) is 0 Å². The van der Waals surface area contributed by atoms with Gasteiger partial charge >= 0.3 is 6.03 Å². The van der Waals surface area contributed by atoms with Gasteiger partial charge in [-0.05, 0) is 0 Å². The third kappa shape index (κ3) is 3.35. The first kappa shape index (κ1) is 13.3. The zero-order valence-corrected chi connectivity index (χ0v) is 9.01. The maximum atomic E-state index is 13.2. The second-order valence-electron chi connectivity index (χ2n) is 3.32. The number of amides is 2. The lowest BCUT2D eigenvalue weighted by atomic mass is 10.3. The van der Waals surface area contributed by atoms with Crippen LogP contribution in [0, 0.1) is 17.5 Å². The summed E-state index contributed by atoms with van der Waals surface area (Å²) in [5.74, 6) is -3.66. The van der Waals surface area contributed by atoms with E-state index in [1.165, 1.54) is 7.05 Å². The normalized spacial score (nSPS) is 10.2. The van der Waals surface area contributed by atoms with Gasteiger partial charge in [0, 0.05) is 25.7 Å². The molecular weight excluding hydrogens is 237 g/mol. The number of carbonyl (C=O) groups excluding carboxylic acids is 1. The third-order valence-corrected chi connectivity index (χ3v) is 2.03. The van der Waals surface area contributed by atoms with Crippen LogP contribution < -0.4 is 5.32 Å². The molecule has 17 heavy (non-hydrogen) atoms. The molecule has 0 saturated heterocycles. The Balaban J connectivity index is 2.81. The third-order valence-electron chi connectivity index (χ3n) is 2.03. The molecule has 0 spiro atoms. The summed E-state index contributed by atoms with van der Waals surface area (Å²) >= 11 is 0. The molecule has 1 aromatic rings. The molecule has 0 bridgehead atoms. The fraction of sp³-hybridized carbons (Fsp3) is 0.300. The van der Waals surface area contributed by atoms with E-state index in [4.69, 9.17) is 5.11 Å². The molecule has 0 unspecified atom stereocenters. The zero-order valence-electron chi connectivity index (χ0n) is 9.01. The molecule has 94 valence electrons. The summed E-state index contributed by atoms with van der Waals surface area (Å²) < 4.78 is 38.6. The summed E-state index contributed by atoms with van der Waals surface area (Å²) in [4.78, 5) is 12.4. The van der Waals surface area contributed by atoms with Crippen LogP contribution in [-0.2, 0) is 0 Å². The van der Waals surface area contributed by atoms with Crippen LogP contribution in [0.4, 0.5) is 23.7 Å². The molecule has 0 aromatic heterocycles. The van der Waals surface area contributed by atoms with E-state index in [0.29, 0.717) is 12.1 Å². The second kappa shape index (κ2) is 5.53. The van der Waals surface area contributed by atoms with Crippen LogP contribution in [-0.4, -0.2) is 36.2 Å². The Bertz CT molecular complexity index is 426. The van der Waals surface area contributed by atoms with Crippen molar-refractivity contribution in [3.8, 4) is 0 Å². The highest BCUT2D eigenvalue weighted by atomic mass is 19.2. The Morgan fingerprint density at radius 2 is 1.88 bits per heavy atom. The summed E-state index contributed by atoms with van der Waals surface area (Å²) in [7, 11) is 1.36. The van der Waals surface area contributed by atoms with Crippen molar-refractivity contribution in [1.29, 1.82) is 0 Å². The SMILES string of the molecule is CN(CCO)C(=O)Nc1cc(F)c(F)cc1F. The molecule has 0 aliphatic heterocycles. The number of urea groups is 1. The molecule has 0 aliphatic rings. The minimum atomic E-state index is -1.33. The molecule has 7 heteroatoms. The lowest BCUT2D eigenvalue weighted by molar-refractivity contribution is 0.202. The summed E-state index contributed by atoms with van der Waals surface area (Å²) in [5.41, 5.74) is -0.460. The molecule has 0 saturated carbocycles. The summed E-state index contributed by atoms with van der Waals surface area (Å²) in [5, 5.41) is 10.6. The summed E-state index contributed by atoms with van der Waals surface area (Å²) in [6, 6.07) is 0.163. The van der Waals surface area contributed by atoms with Crippen LogP contribution in [0.5, 0.6) is 0 Å². The van der Waals surface area contributed by atoms with E-state index in [0.717, 1.165) is 4.90 Å². The number of nitrogens with zero attached hydrogens (tertiary/aromatic N) is 1. The van der Waals surface area contributed by atoms with Crippen molar-refractivity contribution in [1.82, 2.24) is 4.90 Å². The Labute approximate surface area is 95.7 Å². The first-order valence-corrected chi connectivity index (χ1v) is 4.73. The molecule has 0 fully saturated rings. The standard InChI is InChI=1S/C10H11F3N2O2/c1-15(2-3-16)10(17)14-9-5-7(12)6(11)4-8(9)13/h4-5,16H,2-3H2,1H3,(H,14,17). The van der Waals surface area contributed by atoms with Crippen LogP contribution in [0.3, 0.4) is 0 Å². The van der Waals surface area contributed by atoms with Gasteiger partial charge in [-0.3, -0.25) is 0 Å². The predicted molar refractivity (Wildman–Crippen MR) is 55.1 cm³/mol. The Hall–Kier alpha value is -1.76. The smallest absolute Gasteiger partial charge is 0.321 e. The molecule has 0 radical (unpaired) electrons. The average Bonchev–Trinajstić information content (AvgIpc) is 2.26. The molecule has 4 nitrogen and oxygen atoms in total. The lowest BCUT2D eigenvalue weighted by Gasteiger charge is -2.16. The van der Waals surface area contributed by atoms with Gasteiger partial charge in [-0.2, -0.15) is 0 Å². The Morgan fingerprint density at radius 3 is 2.47 bits per heavy atom. The van der Waals surface area contributed by atoms with Crippen molar-refractivity contribution in [3.05, 3.63) is 29.6 Å². The van der Waals surface area contributed by atoms with Gasteiger partial charge in [-0.25, -0.2) is 18.0 Å². The first-order valence-electron chi connectivity index (χ1n) is 4.73. The van der Waals surface area contributed by atoms with Crippen LogP contribution in [0.15, 0.2) is 12.1 Å². The number of benzene rings is 1. The second-order valence-corrected chi connectivity index (χ2v) is 3.32. The van der Waals surface area contributed by atoms with Gasteiger partial charge in [0.15, 0.2) is 11.6 Å². The van der Waals surface area contributed by atoms with Gasteiger partial charge in [0.25, 0.3) is 0 Å². The van der Waals surface area contributed by atoms with Crippen molar-refractivity contribution in [2.75, 3.05) is 25.5 Å². The molecule has 0 heterocycles. The number of rotatable bonds is 3. The number of hydrogen-bond donors (Lipinski definition) is 2. The maximum Gasteiger partial charge on any atom is 0.321 e. The quantitative estimate of drug-likeness (QED) is 0.797. The van der Waals surface area contributed by atoms with Crippen molar-refractivity contribution in [2.24, 2.45) is 0 Å².